The summed E-state index contributed by atoms with van der Waals surface area (Å²) >= 11 is 0. The lowest BCUT2D eigenvalue weighted by Crippen LogP contribution is -2.35. The first-order valence-electron chi connectivity index (χ1n) is 10.9. The summed E-state index contributed by atoms with van der Waals surface area (Å²) in [4.78, 5) is 11.1. The molecule has 1 aliphatic heterocycles. The Kier molecular flexibility index (Phi) is 6.58. The minimum absolute atomic E-state index is 0.281. The van der Waals surface area contributed by atoms with Crippen LogP contribution in [0.3, 0.4) is 0 Å². The summed E-state index contributed by atoms with van der Waals surface area (Å²) in [7, 11) is 1.57. The minimum Gasteiger partial charge on any atom is -0.481 e. The van der Waals surface area contributed by atoms with E-state index >= 15 is 0 Å². The summed E-state index contributed by atoms with van der Waals surface area (Å²) in [6.07, 6.45) is 6.80. The fourth-order valence-corrected chi connectivity index (χ4v) is 4.32. The van der Waals surface area contributed by atoms with E-state index in [2.05, 4.69) is 46.1 Å². The van der Waals surface area contributed by atoms with Crippen LogP contribution >= 0.6 is 0 Å². The molecule has 4 nitrogen and oxygen atoms in total. The third kappa shape index (κ3) is 4.96. The number of piperidine rings is 1. The highest BCUT2D eigenvalue weighted by atomic mass is 19.1. The third-order valence-electron chi connectivity index (χ3n) is 6.30. The molecule has 0 radical (unpaired) electrons. The zero-order chi connectivity index (χ0) is 20.9. The summed E-state index contributed by atoms with van der Waals surface area (Å²) < 4.78 is 19.7. The molecule has 4 rings (SSSR count). The molecule has 3 aromatic rings. The number of likely N-dealkylation sites (tertiary alicyclic amines) is 1. The zero-order valence-electron chi connectivity index (χ0n) is 17.9. The lowest BCUT2D eigenvalue weighted by Gasteiger charge is -2.32. The van der Waals surface area contributed by atoms with Crippen molar-refractivity contribution in [3.63, 3.8) is 0 Å². The second-order valence-electron chi connectivity index (χ2n) is 8.37. The van der Waals surface area contributed by atoms with Crippen molar-refractivity contribution in [2.75, 3.05) is 26.7 Å². The molecule has 1 saturated heterocycles. The second-order valence-corrected chi connectivity index (χ2v) is 8.37. The fraction of sp³-hybridized carbons (Fsp3) is 0.440. The molecular formula is C25H30FN3O. The highest BCUT2D eigenvalue weighted by molar-refractivity contribution is 5.78. The molecular weight excluding hydrogens is 377 g/mol. The van der Waals surface area contributed by atoms with Crippen LogP contribution in [0.5, 0.6) is 5.88 Å². The Bertz CT molecular complexity index is 982. The molecule has 0 saturated carbocycles. The summed E-state index contributed by atoms with van der Waals surface area (Å²) in [6, 6.07) is 12.5. The zero-order valence-corrected chi connectivity index (χ0v) is 17.9. The van der Waals surface area contributed by atoms with Gasteiger partial charge in [0.05, 0.1) is 24.3 Å². The molecule has 5 heteroatoms. The van der Waals surface area contributed by atoms with Crippen LogP contribution in [0.25, 0.3) is 11.0 Å². The minimum atomic E-state index is -0.281. The molecule has 0 bridgehead atoms. The molecule has 0 aliphatic carbocycles. The van der Waals surface area contributed by atoms with Gasteiger partial charge in [-0.05, 0) is 69.7 Å². The SMILES string of the molecule is COc1ccc2ncc(F)c(CCN3CCC(CCc4ccc(C)cc4)CC3)c2n1. The number of pyridine rings is 2. The third-order valence-corrected chi connectivity index (χ3v) is 6.30. The second kappa shape index (κ2) is 9.52. The molecule has 2 aromatic heterocycles. The predicted molar refractivity (Wildman–Crippen MR) is 118 cm³/mol. The van der Waals surface area contributed by atoms with Crippen molar-refractivity contribution in [1.82, 2.24) is 14.9 Å². The molecule has 0 amide bonds. The largest absolute Gasteiger partial charge is 0.481 e. The number of rotatable bonds is 7. The lowest BCUT2D eigenvalue weighted by molar-refractivity contribution is 0.180. The van der Waals surface area contributed by atoms with E-state index in [9.17, 15) is 4.39 Å². The van der Waals surface area contributed by atoms with Crippen molar-refractivity contribution < 1.29 is 9.13 Å². The lowest BCUT2D eigenvalue weighted by atomic mass is 9.90. The number of aryl methyl sites for hydroxylation is 2. The van der Waals surface area contributed by atoms with Crippen molar-refractivity contribution in [3.8, 4) is 5.88 Å². The molecule has 1 aromatic carbocycles. The van der Waals surface area contributed by atoms with Gasteiger partial charge < -0.3 is 9.64 Å². The molecule has 1 aliphatic rings. The van der Waals surface area contributed by atoms with Crippen molar-refractivity contribution in [1.29, 1.82) is 0 Å². The van der Waals surface area contributed by atoms with E-state index < -0.39 is 0 Å². The Hall–Kier alpha value is -2.53. The summed E-state index contributed by atoms with van der Waals surface area (Å²) in [6.45, 7) is 5.15. The van der Waals surface area contributed by atoms with Crippen molar-refractivity contribution in [2.24, 2.45) is 5.92 Å². The maximum atomic E-state index is 14.5. The van der Waals surface area contributed by atoms with Crippen LogP contribution in [0, 0.1) is 18.7 Å². The number of ether oxygens (including phenoxy) is 1. The van der Waals surface area contributed by atoms with Gasteiger partial charge in [0.15, 0.2) is 0 Å². The molecule has 158 valence electrons. The average Bonchev–Trinajstić information content (AvgIpc) is 2.78. The standard InChI is InChI=1S/C25H30FN3O/c1-18-3-5-19(6-4-18)7-8-20-11-14-29(15-12-20)16-13-21-22(26)17-27-23-9-10-24(30-2)28-25(21)23/h3-6,9-10,17,20H,7-8,11-16H2,1-2H3. The molecule has 0 atom stereocenters. The van der Waals surface area contributed by atoms with E-state index in [-0.39, 0.29) is 5.82 Å². The van der Waals surface area contributed by atoms with Crippen LogP contribution in [0.15, 0.2) is 42.6 Å². The number of nitrogens with zero attached hydrogens (tertiary/aromatic N) is 3. The van der Waals surface area contributed by atoms with E-state index in [4.69, 9.17) is 4.74 Å². The van der Waals surface area contributed by atoms with Gasteiger partial charge in [-0.25, -0.2) is 9.37 Å². The Balaban J connectivity index is 1.30. The van der Waals surface area contributed by atoms with E-state index in [0.717, 1.165) is 32.0 Å². The van der Waals surface area contributed by atoms with Crippen LogP contribution in [0.1, 0.15) is 36.0 Å². The van der Waals surface area contributed by atoms with Crippen LogP contribution < -0.4 is 4.74 Å². The van der Waals surface area contributed by atoms with Gasteiger partial charge in [0.1, 0.15) is 5.82 Å². The maximum absolute atomic E-state index is 14.5. The van der Waals surface area contributed by atoms with Gasteiger partial charge in [0, 0.05) is 18.2 Å². The highest BCUT2D eigenvalue weighted by Gasteiger charge is 2.20. The number of methoxy groups -OCH3 is 1. The Morgan fingerprint density at radius 3 is 2.57 bits per heavy atom. The number of halogens is 1. The van der Waals surface area contributed by atoms with E-state index in [1.165, 1.54) is 36.6 Å². The number of aromatic nitrogens is 2. The molecule has 30 heavy (non-hydrogen) atoms. The first-order chi connectivity index (χ1) is 14.6. The number of benzene rings is 1. The molecule has 0 spiro atoms. The summed E-state index contributed by atoms with van der Waals surface area (Å²) in [5.74, 6) is 0.994. The van der Waals surface area contributed by atoms with Crippen LogP contribution in [-0.4, -0.2) is 41.6 Å². The average molecular weight is 408 g/mol. The van der Waals surface area contributed by atoms with Crippen molar-refractivity contribution >= 4 is 11.0 Å². The van der Waals surface area contributed by atoms with Crippen LogP contribution in [0.2, 0.25) is 0 Å². The van der Waals surface area contributed by atoms with Crippen molar-refractivity contribution in [3.05, 3.63) is 65.1 Å². The predicted octanol–water partition coefficient (Wildman–Crippen LogP) is 4.97. The quantitative estimate of drug-likeness (QED) is 0.554. The molecule has 0 unspecified atom stereocenters. The summed E-state index contributed by atoms with van der Waals surface area (Å²) in [5, 5.41) is 0. The molecule has 3 heterocycles. The van der Waals surface area contributed by atoms with E-state index in [1.807, 2.05) is 6.07 Å². The fourth-order valence-electron chi connectivity index (χ4n) is 4.32. The maximum Gasteiger partial charge on any atom is 0.213 e. The monoisotopic (exact) mass is 407 g/mol. The van der Waals surface area contributed by atoms with Gasteiger partial charge in [0.25, 0.3) is 0 Å². The number of hydrogen-bond donors (Lipinski definition) is 0. The van der Waals surface area contributed by atoms with E-state index in [0.29, 0.717) is 28.9 Å². The Morgan fingerprint density at radius 2 is 1.83 bits per heavy atom. The van der Waals surface area contributed by atoms with Gasteiger partial charge in [0.2, 0.25) is 5.88 Å². The molecule has 1 fully saturated rings. The Morgan fingerprint density at radius 1 is 1.07 bits per heavy atom. The van der Waals surface area contributed by atoms with Crippen LogP contribution in [0.4, 0.5) is 4.39 Å². The number of fused-ring (bicyclic) bond motifs is 1. The van der Waals surface area contributed by atoms with Crippen molar-refractivity contribution in [2.45, 2.75) is 39.0 Å². The Labute approximate surface area is 178 Å². The first-order valence-corrected chi connectivity index (χ1v) is 10.9. The smallest absolute Gasteiger partial charge is 0.213 e. The van der Waals surface area contributed by atoms with Crippen LogP contribution in [-0.2, 0) is 12.8 Å². The normalized spacial score (nSPS) is 15.6. The van der Waals surface area contributed by atoms with Gasteiger partial charge in [-0.15, -0.1) is 0 Å². The van der Waals surface area contributed by atoms with Gasteiger partial charge in [-0.1, -0.05) is 29.8 Å². The first kappa shape index (κ1) is 20.7. The topological polar surface area (TPSA) is 38.2 Å². The van der Waals surface area contributed by atoms with Gasteiger partial charge in [-0.2, -0.15) is 0 Å². The van der Waals surface area contributed by atoms with Gasteiger partial charge >= 0.3 is 0 Å². The molecule has 0 N–H and O–H groups in total. The summed E-state index contributed by atoms with van der Waals surface area (Å²) in [5.41, 5.74) is 4.72. The van der Waals surface area contributed by atoms with Gasteiger partial charge in [-0.3, -0.25) is 4.98 Å². The highest BCUT2D eigenvalue weighted by Crippen LogP contribution is 2.25. The van der Waals surface area contributed by atoms with E-state index in [1.54, 1.807) is 13.2 Å². The number of hydrogen-bond acceptors (Lipinski definition) is 4.